The van der Waals surface area contributed by atoms with Gasteiger partial charge in [-0.1, -0.05) is 35.0 Å². The largest absolute Gasteiger partial charge is 0.378 e. The summed E-state index contributed by atoms with van der Waals surface area (Å²) >= 11 is 0. The van der Waals surface area contributed by atoms with E-state index in [4.69, 9.17) is 19.2 Å². The number of anilines is 3. The molecule has 3 aromatic heterocycles. The van der Waals surface area contributed by atoms with Crippen molar-refractivity contribution < 1.29 is 9.26 Å². The maximum absolute atomic E-state index is 5.47. The molecular formula is C21H22N8O2. The lowest BCUT2D eigenvalue weighted by Gasteiger charge is -2.26. The van der Waals surface area contributed by atoms with Crippen molar-refractivity contribution in [1.29, 1.82) is 0 Å². The van der Waals surface area contributed by atoms with Crippen LogP contribution in [-0.2, 0) is 4.74 Å². The van der Waals surface area contributed by atoms with E-state index in [2.05, 4.69) is 44.5 Å². The van der Waals surface area contributed by atoms with Crippen LogP contribution in [0.4, 0.5) is 17.7 Å². The van der Waals surface area contributed by atoms with Gasteiger partial charge in [-0.2, -0.15) is 15.1 Å². The monoisotopic (exact) mass is 418 g/mol. The Morgan fingerprint density at radius 3 is 2.77 bits per heavy atom. The summed E-state index contributed by atoms with van der Waals surface area (Å²) in [6.07, 6.45) is 3.42. The number of morpholine rings is 1. The van der Waals surface area contributed by atoms with Gasteiger partial charge < -0.3 is 19.5 Å². The molecule has 0 aliphatic carbocycles. The zero-order valence-electron chi connectivity index (χ0n) is 17.3. The number of benzene rings is 1. The van der Waals surface area contributed by atoms with Crippen molar-refractivity contribution in [2.45, 2.75) is 13.8 Å². The van der Waals surface area contributed by atoms with Gasteiger partial charge in [0.05, 0.1) is 25.1 Å². The van der Waals surface area contributed by atoms with Gasteiger partial charge in [-0.05, 0) is 19.4 Å². The summed E-state index contributed by atoms with van der Waals surface area (Å²) in [5.41, 5.74) is 4.13. The van der Waals surface area contributed by atoms with Crippen LogP contribution in [-0.4, -0.2) is 57.3 Å². The Morgan fingerprint density at radius 2 is 2.00 bits per heavy atom. The molecular weight excluding hydrogens is 396 g/mol. The van der Waals surface area contributed by atoms with E-state index in [1.807, 2.05) is 19.1 Å². The Labute approximate surface area is 178 Å². The second-order valence-electron chi connectivity index (χ2n) is 7.35. The van der Waals surface area contributed by atoms with Crippen molar-refractivity contribution in [3.05, 3.63) is 53.5 Å². The minimum Gasteiger partial charge on any atom is -0.378 e. The summed E-state index contributed by atoms with van der Waals surface area (Å²) in [6, 6.07) is 9.92. The van der Waals surface area contributed by atoms with Gasteiger partial charge >= 0.3 is 0 Å². The Balaban J connectivity index is 1.56. The molecule has 0 saturated carbocycles. The van der Waals surface area contributed by atoms with E-state index in [0.717, 1.165) is 11.3 Å². The molecule has 1 N–H and O–H groups in total. The van der Waals surface area contributed by atoms with Crippen LogP contribution < -0.4 is 10.2 Å². The number of aromatic nitrogens is 5. The zero-order chi connectivity index (χ0) is 21.2. The molecule has 0 amide bonds. The number of fused-ring (bicyclic) bond motifs is 1. The first-order valence-electron chi connectivity index (χ1n) is 10.0. The van der Waals surface area contributed by atoms with E-state index < -0.39 is 0 Å². The van der Waals surface area contributed by atoms with Crippen molar-refractivity contribution in [3.8, 4) is 0 Å². The van der Waals surface area contributed by atoms with Crippen LogP contribution in [0.2, 0.25) is 0 Å². The second kappa shape index (κ2) is 8.15. The Bertz CT molecular complexity index is 1240. The highest BCUT2D eigenvalue weighted by molar-refractivity contribution is 5.87. The topological polar surface area (TPSA) is 106 Å². The molecule has 0 unspecified atom stereocenters. The van der Waals surface area contributed by atoms with Gasteiger partial charge in [0.1, 0.15) is 6.33 Å². The maximum Gasteiger partial charge on any atom is 0.230 e. The minimum absolute atomic E-state index is 0.489. The van der Waals surface area contributed by atoms with Crippen LogP contribution in [0, 0.1) is 13.8 Å². The molecule has 1 aliphatic rings. The summed E-state index contributed by atoms with van der Waals surface area (Å²) in [4.78, 5) is 16.0. The van der Waals surface area contributed by atoms with E-state index in [-0.39, 0.29) is 0 Å². The predicted molar refractivity (Wildman–Crippen MR) is 117 cm³/mol. The third-order valence-corrected chi connectivity index (χ3v) is 4.90. The van der Waals surface area contributed by atoms with Crippen molar-refractivity contribution in [2.75, 3.05) is 36.5 Å². The predicted octanol–water partition coefficient (Wildman–Crippen LogP) is 2.89. The SMILES string of the molecule is Cc1cccc(/C=N/n2cnc3c(Nc4cc(C)no4)nc(N4CCOCC4)nc32)c1. The van der Waals surface area contributed by atoms with Crippen LogP contribution in [0.1, 0.15) is 16.8 Å². The van der Waals surface area contributed by atoms with Crippen LogP contribution in [0.25, 0.3) is 11.2 Å². The number of rotatable bonds is 5. The highest BCUT2D eigenvalue weighted by atomic mass is 16.5. The number of ether oxygens (including phenoxy) is 1. The van der Waals surface area contributed by atoms with Crippen molar-refractivity contribution >= 4 is 35.0 Å². The van der Waals surface area contributed by atoms with Gasteiger partial charge in [0.2, 0.25) is 11.8 Å². The fraction of sp³-hybridized carbons (Fsp3) is 0.286. The van der Waals surface area contributed by atoms with Crippen LogP contribution >= 0.6 is 0 Å². The average molecular weight is 418 g/mol. The second-order valence-corrected chi connectivity index (χ2v) is 7.35. The molecule has 1 fully saturated rings. The van der Waals surface area contributed by atoms with E-state index in [0.29, 0.717) is 55.1 Å². The van der Waals surface area contributed by atoms with E-state index >= 15 is 0 Å². The van der Waals surface area contributed by atoms with E-state index in [1.54, 1.807) is 23.3 Å². The summed E-state index contributed by atoms with van der Waals surface area (Å²) in [5.74, 6) is 1.61. The van der Waals surface area contributed by atoms with Gasteiger partial charge in [0, 0.05) is 19.2 Å². The average Bonchev–Trinajstić information content (AvgIpc) is 3.39. The Kier molecular flexibility index (Phi) is 5.04. The minimum atomic E-state index is 0.489. The lowest BCUT2D eigenvalue weighted by atomic mass is 10.2. The smallest absolute Gasteiger partial charge is 0.230 e. The third-order valence-electron chi connectivity index (χ3n) is 4.90. The number of imidazole rings is 1. The Morgan fingerprint density at radius 1 is 1.13 bits per heavy atom. The number of nitrogens with one attached hydrogen (secondary N) is 1. The zero-order valence-corrected chi connectivity index (χ0v) is 17.3. The maximum atomic E-state index is 5.47. The number of hydrogen-bond donors (Lipinski definition) is 1. The summed E-state index contributed by atoms with van der Waals surface area (Å²) in [6.45, 7) is 6.61. The first-order valence-corrected chi connectivity index (χ1v) is 10.0. The van der Waals surface area contributed by atoms with Gasteiger partial charge in [-0.25, -0.2) is 9.66 Å². The number of aryl methyl sites for hydroxylation is 2. The van der Waals surface area contributed by atoms with Crippen molar-refractivity contribution in [1.82, 2.24) is 24.8 Å². The lowest BCUT2D eigenvalue weighted by Crippen LogP contribution is -2.37. The first kappa shape index (κ1) is 19.2. The molecule has 0 radical (unpaired) electrons. The molecule has 0 bridgehead atoms. The van der Waals surface area contributed by atoms with Crippen molar-refractivity contribution in [2.24, 2.45) is 5.10 Å². The molecule has 1 aliphatic heterocycles. The van der Waals surface area contributed by atoms with Gasteiger partial charge in [-0.3, -0.25) is 0 Å². The fourth-order valence-corrected chi connectivity index (χ4v) is 3.37. The van der Waals surface area contributed by atoms with Crippen LogP contribution in [0.15, 0.2) is 46.3 Å². The van der Waals surface area contributed by atoms with Gasteiger partial charge in [0.25, 0.3) is 0 Å². The summed E-state index contributed by atoms with van der Waals surface area (Å²) in [7, 11) is 0. The molecule has 1 aromatic carbocycles. The third kappa shape index (κ3) is 4.10. The van der Waals surface area contributed by atoms with Crippen LogP contribution in [0.5, 0.6) is 0 Å². The summed E-state index contributed by atoms with van der Waals surface area (Å²) in [5, 5.41) is 11.7. The molecule has 4 aromatic rings. The standard InChI is InChI=1S/C21H22N8O2/c1-14-4-3-5-16(10-14)12-23-29-13-22-18-19(24-17-11-15(2)27-31-17)25-21(26-20(18)29)28-6-8-30-9-7-28/h3-5,10-13H,6-9H2,1-2H3,(H,24,25,26)/b23-12+. The molecule has 1 saturated heterocycles. The molecule has 31 heavy (non-hydrogen) atoms. The summed E-state index contributed by atoms with van der Waals surface area (Å²) < 4.78 is 12.4. The molecule has 0 atom stereocenters. The fourth-order valence-electron chi connectivity index (χ4n) is 3.37. The highest BCUT2D eigenvalue weighted by Crippen LogP contribution is 2.26. The van der Waals surface area contributed by atoms with Crippen molar-refractivity contribution in [3.63, 3.8) is 0 Å². The van der Waals surface area contributed by atoms with Gasteiger partial charge in [0.15, 0.2) is 17.0 Å². The molecule has 4 heterocycles. The molecule has 10 nitrogen and oxygen atoms in total. The molecule has 158 valence electrons. The molecule has 10 heteroatoms. The first-order chi connectivity index (χ1) is 15.2. The lowest BCUT2D eigenvalue weighted by molar-refractivity contribution is 0.122. The Hall–Kier alpha value is -3.79. The van der Waals surface area contributed by atoms with E-state index in [9.17, 15) is 0 Å². The molecule has 0 spiro atoms. The van der Waals surface area contributed by atoms with E-state index in [1.165, 1.54) is 5.56 Å². The van der Waals surface area contributed by atoms with Gasteiger partial charge in [-0.15, -0.1) is 0 Å². The highest BCUT2D eigenvalue weighted by Gasteiger charge is 2.20. The number of nitrogens with zero attached hydrogens (tertiary/aromatic N) is 7. The quantitative estimate of drug-likeness (QED) is 0.493. The molecule has 5 rings (SSSR count). The van der Waals surface area contributed by atoms with Crippen LogP contribution in [0.3, 0.4) is 0 Å². The number of hydrogen-bond acceptors (Lipinski definition) is 9. The normalized spacial score (nSPS) is 14.6.